The van der Waals surface area contributed by atoms with Crippen LogP contribution in [0, 0.1) is 11.8 Å². The number of azo groups is 1. The zero-order valence-electron chi connectivity index (χ0n) is 11.9. The van der Waals surface area contributed by atoms with Gasteiger partial charge in [0.15, 0.2) is 0 Å². The quantitative estimate of drug-likeness (QED) is 0.507. The van der Waals surface area contributed by atoms with E-state index in [2.05, 4.69) is 44.0 Å². The molecule has 0 N–H and O–H groups in total. The van der Waals surface area contributed by atoms with Crippen molar-refractivity contribution >= 4 is 0 Å². The lowest BCUT2D eigenvalue weighted by Gasteiger charge is -2.05. The van der Waals surface area contributed by atoms with Crippen molar-refractivity contribution < 1.29 is 0 Å². The number of allylic oxidation sites excluding steroid dienone is 1. The normalized spacial score (nSPS) is 19.4. The molecule has 0 bridgehead atoms. The van der Waals surface area contributed by atoms with Crippen molar-refractivity contribution in [2.24, 2.45) is 22.1 Å². The first-order chi connectivity index (χ1) is 8.08. The standard InChI is InChI=1S/C15H28N2/c1-12(2)8-6-5-7-9-14-11-15(17-16-14)10-13(3)4/h11-14H,5-10H2,1-4H3. The molecule has 17 heavy (non-hydrogen) atoms. The van der Waals surface area contributed by atoms with Crippen LogP contribution in [-0.2, 0) is 0 Å². The average Bonchev–Trinajstić information content (AvgIpc) is 2.63. The summed E-state index contributed by atoms with van der Waals surface area (Å²) < 4.78 is 0. The molecule has 0 aromatic carbocycles. The molecule has 2 heteroatoms. The van der Waals surface area contributed by atoms with Gasteiger partial charge in [0.2, 0.25) is 0 Å². The Hall–Kier alpha value is -0.660. The van der Waals surface area contributed by atoms with Gasteiger partial charge >= 0.3 is 0 Å². The van der Waals surface area contributed by atoms with E-state index in [1.54, 1.807) is 0 Å². The summed E-state index contributed by atoms with van der Waals surface area (Å²) >= 11 is 0. The van der Waals surface area contributed by atoms with Crippen LogP contribution in [0.25, 0.3) is 0 Å². The molecule has 0 amide bonds. The summed E-state index contributed by atoms with van der Waals surface area (Å²) in [6.45, 7) is 9.06. The van der Waals surface area contributed by atoms with Gasteiger partial charge in [0, 0.05) is 0 Å². The number of hydrogen-bond acceptors (Lipinski definition) is 2. The maximum atomic E-state index is 4.34. The van der Waals surface area contributed by atoms with E-state index >= 15 is 0 Å². The van der Waals surface area contributed by atoms with Crippen molar-refractivity contribution in [3.63, 3.8) is 0 Å². The Labute approximate surface area is 107 Å². The molecule has 0 aromatic heterocycles. The van der Waals surface area contributed by atoms with E-state index in [0.29, 0.717) is 12.0 Å². The summed E-state index contributed by atoms with van der Waals surface area (Å²) in [6.07, 6.45) is 9.89. The summed E-state index contributed by atoms with van der Waals surface area (Å²) in [6, 6.07) is 0.378. The van der Waals surface area contributed by atoms with Crippen molar-refractivity contribution in [3.8, 4) is 0 Å². The molecule has 1 rings (SSSR count). The van der Waals surface area contributed by atoms with Crippen molar-refractivity contribution in [3.05, 3.63) is 11.8 Å². The maximum absolute atomic E-state index is 4.34. The highest BCUT2D eigenvalue weighted by Gasteiger charge is 2.12. The molecule has 0 saturated heterocycles. The number of unbranched alkanes of at least 4 members (excludes halogenated alkanes) is 2. The van der Waals surface area contributed by atoms with Crippen LogP contribution in [0.4, 0.5) is 0 Å². The van der Waals surface area contributed by atoms with E-state index < -0.39 is 0 Å². The highest BCUT2D eigenvalue weighted by molar-refractivity contribution is 5.09. The zero-order chi connectivity index (χ0) is 12.7. The van der Waals surface area contributed by atoms with E-state index in [4.69, 9.17) is 0 Å². The summed E-state index contributed by atoms with van der Waals surface area (Å²) in [4.78, 5) is 0. The van der Waals surface area contributed by atoms with Crippen LogP contribution in [-0.4, -0.2) is 6.04 Å². The molecule has 1 unspecified atom stereocenters. The van der Waals surface area contributed by atoms with Crippen LogP contribution in [0.1, 0.15) is 66.2 Å². The molecule has 0 fully saturated rings. The smallest absolute Gasteiger partial charge is 0.0914 e. The van der Waals surface area contributed by atoms with Crippen LogP contribution in [0.3, 0.4) is 0 Å². The topological polar surface area (TPSA) is 24.7 Å². The van der Waals surface area contributed by atoms with Gasteiger partial charge in [-0.3, -0.25) is 0 Å². The third-order valence-electron chi connectivity index (χ3n) is 3.12. The van der Waals surface area contributed by atoms with E-state index in [0.717, 1.165) is 12.3 Å². The third kappa shape index (κ3) is 6.60. The van der Waals surface area contributed by atoms with E-state index in [1.807, 2.05) is 0 Å². The van der Waals surface area contributed by atoms with E-state index in [9.17, 15) is 0 Å². The second-order valence-electron chi connectivity index (χ2n) is 6.07. The van der Waals surface area contributed by atoms with Gasteiger partial charge in [-0.15, -0.1) is 0 Å². The molecule has 0 spiro atoms. The molecule has 1 atom stereocenters. The van der Waals surface area contributed by atoms with Gasteiger partial charge in [0.25, 0.3) is 0 Å². The first-order valence-electron chi connectivity index (χ1n) is 7.19. The fourth-order valence-electron chi connectivity index (χ4n) is 2.19. The Morgan fingerprint density at radius 3 is 2.47 bits per heavy atom. The van der Waals surface area contributed by atoms with Crippen LogP contribution in [0.2, 0.25) is 0 Å². The van der Waals surface area contributed by atoms with Crippen molar-refractivity contribution in [1.29, 1.82) is 0 Å². The minimum absolute atomic E-state index is 0.378. The van der Waals surface area contributed by atoms with Gasteiger partial charge in [-0.2, -0.15) is 10.2 Å². The number of hydrogen-bond donors (Lipinski definition) is 0. The molecule has 0 aromatic rings. The molecular formula is C15H28N2. The van der Waals surface area contributed by atoms with Gasteiger partial charge in [-0.1, -0.05) is 53.4 Å². The second-order valence-corrected chi connectivity index (χ2v) is 6.07. The Balaban J connectivity index is 2.09. The van der Waals surface area contributed by atoms with Gasteiger partial charge in [-0.25, -0.2) is 0 Å². The zero-order valence-corrected chi connectivity index (χ0v) is 11.9. The van der Waals surface area contributed by atoms with E-state index in [-0.39, 0.29) is 0 Å². The molecule has 98 valence electrons. The van der Waals surface area contributed by atoms with E-state index in [1.165, 1.54) is 37.8 Å². The minimum atomic E-state index is 0.378. The maximum Gasteiger partial charge on any atom is 0.0914 e. The second kappa shape index (κ2) is 7.62. The lowest BCUT2D eigenvalue weighted by Crippen LogP contribution is -1.97. The fraction of sp³-hybridized carbons (Fsp3) is 0.867. The Morgan fingerprint density at radius 1 is 1.06 bits per heavy atom. The summed E-state index contributed by atoms with van der Waals surface area (Å²) in [5.41, 5.74) is 1.20. The molecule has 1 aliphatic rings. The van der Waals surface area contributed by atoms with Crippen LogP contribution in [0.5, 0.6) is 0 Å². The SMILES string of the molecule is CC(C)CCCCCC1C=C(CC(C)C)N=N1. The number of rotatable bonds is 8. The highest BCUT2D eigenvalue weighted by Crippen LogP contribution is 2.23. The molecule has 1 aliphatic heterocycles. The average molecular weight is 236 g/mol. The van der Waals surface area contributed by atoms with Crippen molar-refractivity contribution in [2.75, 3.05) is 0 Å². The van der Waals surface area contributed by atoms with Crippen LogP contribution < -0.4 is 0 Å². The predicted molar refractivity (Wildman–Crippen MR) is 74.1 cm³/mol. The first kappa shape index (κ1) is 14.4. The Bertz CT molecular complexity index is 264. The predicted octanol–water partition coefficient (Wildman–Crippen LogP) is 5.36. The minimum Gasteiger partial charge on any atom is -0.181 e. The van der Waals surface area contributed by atoms with Gasteiger partial charge < -0.3 is 0 Å². The molecule has 0 radical (unpaired) electrons. The molecule has 0 aliphatic carbocycles. The van der Waals surface area contributed by atoms with Gasteiger partial charge in [0.1, 0.15) is 0 Å². The van der Waals surface area contributed by atoms with Gasteiger partial charge in [0.05, 0.1) is 11.7 Å². The van der Waals surface area contributed by atoms with Crippen molar-refractivity contribution in [1.82, 2.24) is 0 Å². The van der Waals surface area contributed by atoms with Gasteiger partial charge in [-0.05, 0) is 30.8 Å². The monoisotopic (exact) mass is 236 g/mol. The lowest BCUT2D eigenvalue weighted by molar-refractivity contribution is 0.513. The molecular weight excluding hydrogens is 208 g/mol. The van der Waals surface area contributed by atoms with Crippen LogP contribution >= 0.6 is 0 Å². The third-order valence-corrected chi connectivity index (χ3v) is 3.12. The van der Waals surface area contributed by atoms with Crippen molar-refractivity contribution in [2.45, 2.75) is 72.3 Å². The summed E-state index contributed by atoms with van der Waals surface area (Å²) in [7, 11) is 0. The number of nitrogens with zero attached hydrogens (tertiary/aromatic N) is 2. The molecule has 1 heterocycles. The molecule has 2 nitrogen and oxygen atoms in total. The Kier molecular flexibility index (Phi) is 6.46. The summed E-state index contributed by atoms with van der Waals surface area (Å²) in [5, 5.41) is 8.61. The fourth-order valence-corrected chi connectivity index (χ4v) is 2.19. The molecule has 0 saturated carbocycles. The Morgan fingerprint density at radius 2 is 1.82 bits per heavy atom. The highest BCUT2D eigenvalue weighted by atomic mass is 15.2. The lowest BCUT2D eigenvalue weighted by atomic mass is 10.0. The first-order valence-corrected chi connectivity index (χ1v) is 7.19. The van der Waals surface area contributed by atoms with Crippen LogP contribution in [0.15, 0.2) is 22.0 Å². The largest absolute Gasteiger partial charge is 0.181 e. The summed E-state index contributed by atoms with van der Waals surface area (Å²) in [5.74, 6) is 1.53.